The van der Waals surface area contributed by atoms with Crippen LogP contribution in [0.15, 0.2) is 0 Å². The second-order valence-corrected chi connectivity index (χ2v) is 22.6. The van der Waals surface area contributed by atoms with Crippen LogP contribution in [0.4, 0.5) is 0 Å². The number of hydrogen-bond acceptors (Lipinski definition) is 6. The van der Waals surface area contributed by atoms with Gasteiger partial charge in [0.2, 0.25) is 0 Å². The van der Waals surface area contributed by atoms with Gasteiger partial charge >= 0.3 is 17.9 Å². The van der Waals surface area contributed by atoms with Crippen molar-refractivity contribution >= 4 is 17.9 Å². The molecule has 71 heavy (non-hydrogen) atoms. The molecule has 6 nitrogen and oxygen atoms in total. The molecule has 0 aromatic heterocycles. The zero-order chi connectivity index (χ0) is 51.6. The number of hydrogen-bond donors (Lipinski definition) is 0. The number of rotatable bonds is 60. The molecule has 0 aliphatic rings. The average molecular weight is 1000 g/mol. The predicted octanol–water partition coefficient (Wildman–Crippen LogP) is 21.7. The molecule has 0 saturated heterocycles. The van der Waals surface area contributed by atoms with Gasteiger partial charge in [-0.15, -0.1) is 0 Å². The van der Waals surface area contributed by atoms with E-state index >= 15 is 0 Å². The second kappa shape index (κ2) is 59.3. The molecule has 0 aromatic rings. The molecule has 1 unspecified atom stereocenters. The Labute approximate surface area is 444 Å². The summed E-state index contributed by atoms with van der Waals surface area (Å²) in [6.45, 7) is 9.13. The first kappa shape index (κ1) is 69.4. The van der Waals surface area contributed by atoms with Crippen molar-refractivity contribution in [2.75, 3.05) is 13.2 Å². The third-order valence-electron chi connectivity index (χ3n) is 15.4. The molecule has 0 N–H and O–H groups in total. The molecule has 0 bridgehead atoms. The van der Waals surface area contributed by atoms with Crippen LogP contribution in [0.25, 0.3) is 0 Å². The van der Waals surface area contributed by atoms with Crippen molar-refractivity contribution in [1.29, 1.82) is 0 Å². The lowest BCUT2D eigenvalue weighted by Gasteiger charge is -2.18. The molecular weight excluding hydrogens is 877 g/mol. The first-order valence-electron chi connectivity index (χ1n) is 32.4. The Balaban J connectivity index is 4.23. The molecule has 422 valence electrons. The van der Waals surface area contributed by atoms with Crippen LogP contribution in [-0.2, 0) is 28.6 Å². The topological polar surface area (TPSA) is 78.9 Å². The van der Waals surface area contributed by atoms with E-state index in [1.165, 1.54) is 270 Å². The Hall–Kier alpha value is -1.59. The standard InChI is InChI=1S/C65H126O6/c1-5-8-10-12-14-16-18-20-21-22-26-30-34-38-42-46-50-54-58-65(68)71-62(59-69-63(66)56-52-48-44-40-36-31-19-17-15-13-11-9-6-2)60-70-64(67)57-53-49-45-41-37-33-29-27-24-23-25-28-32-35-39-43-47-51-55-61(4)7-3/h61-62H,5-60H2,1-4H3/t61?,62-/m0/s1. The lowest BCUT2D eigenvalue weighted by Crippen LogP contribution is -2.30. The summed E-state index contributed by atoms with van der Waals surface area (Å²) in [5.41, 5.74) is 0. The lowest BCUT2D eigenvalue weighted by molar-refractivity contribution is -0.167. The molecule has 0 radical (unpaired) electrons. The van der Waals surface area contributed by atoms with Gasteiger partial charge in [-0.25, -0.2) is 0 Å². The maximum atomic E-state index is 12.9. The Morgan fingerprint density at radius 3 is 0.732 bits per heavy atom. The zero-order valence-corrected chi connectivity index (χ0v) is 48.7. The maximum Gasteiger partial charge on any atom is 0.306 e. The summed E-state index contributed by atoms with van der Waals surface area (Å²) < 4.78 is 17.0. The van der Waals surface area contributed by atoms with Gasteiger partial charge in [0.05, 0.1) is 0 Å². The summed E-state index contributed by atoms with van der Waals surface area (Å²) in [6, 6.07) is 0. The van der Waals surface area contributed by atoms with Crippen LogP contribution in [0.3, 0.4) is 0 Å². The number of ether oxygens (including phenoxy) is 3. The van der Waals surface area contributed by atoms with Gasteiger partial charge in [0.1, 0.15) is 13.2 Å². The summed E-state index contributed by atoms with van der Waals surface area (Å²) in [5, 5.41) is 0. The van der Waals surface area contributed by atoms with E-state index in [4.69, 9.17) is 14.2 Å². The molecule has 0 heterocycles. The Bertz CT molecular complexity index is 1080. The minimum atomic E-state index is -0.762. The first-order chi connectivity index (χ1) is 34.9. The molecule has 0 aliphatic carbocycles. The lowest BCUT2D eigenvalue weighted by atomic mass is 9.99. The van der Waals surface area contributed by atoms with E-state index in [1.807, 2.05) is 0 Å². The van der Waals surface area contributed by atoms with Crippen LogP contribution in [0.5, 0.6) is 0 Å². The molecular formula is C65H126O6. The van der Waals surface area contributed by atoms with Gasteiger partial charge in [0.25, 0.3) is 0 Å². The van der Waals surface area contributed by atoms with Crippen LogP contribution in [-0.4, -0.2) is 37.2 Å². The largest absolute Gasteiger partial charge is 0.462 e. The van der Waals surface area contributed by atoms with E-state index in [1.54, 1.807) is 0 Å². The smallest absolute Gasteiger partial charge is 0.306 e. The van der Waals surface area contributed by atoms with Gasteiger partial charge in [-0.05, 0) is 25.2 Å². The first-order valence-corrected chi connectivity index (χ1v) is 32.4. The molecule has 0 aliphatic heterocycles. The minimum absolute atomic E-state index is 0.0611. The molecule has 0 fully saturated rings. The van der Waals surface area contributed by atoms with Gasteiger partial charge in [-0.3, -0.25) is 14.4 Å². The summed E-state index contributed by atoms with van der Waals surface area (Å²) in [6.07, 6.45) is 66.7. The number of carbonyl (C=O) groups is 3. The normalized spacial score (nSPS) is 12.3. The highest BCUT2D eigenvalue weighted by atomic mass is 16.6. The van der Waals surface area contributed by atoms with Gasteiger partial charge < -0.3 is 14.2 Å². The van der Waals surface area contributed by atoms with Crippen molar-refractivity contribution in [3.8, 4) is 0 Å². The predicted molar refractivity (Wildman–Crippen MR) is 307 cm³/mol. The molecule has 0 saturated carbocycles. The van der Waals surface area contributed by atoms with Crippen LogP contribution in [0, 0.1) is 5.92 Å². The highest BCUT2D eigenvalue weighted by molar-refractivity contribution is 5.71. The fourth-order valence-corrected chi connectivity index (χ4v) is 10.1. The van der Waals surface area contributed by atoms with Gasteiger partial charge in [0.15, 0.2) is 6.10 Å². The summed E-state index contributed by atoms with van der Waals surface area (Å²) in [4.78, 5) is 38.3. The summed E-state index contributed by atoms with van der Waals surface area (Å²) >= 11 is 0. The van der Waals surface area contributed by atoms with Crippen molar-refractivity contribution in [1.82, 2.24) is 0 Å². The van der Waals surface area contributed by atoms with Crippen molar-refractivity contribution in [3.05, 3.63) is 0 Å². The maximum absolute atomic E-state index is 12.9. The van der Waals surface area contributed by atoms with Gasteiger partial charge in [0, 0.05) is 19.3 Å². The van der Waals surface area contributed by atoms with Crippen LogP contribution >= 0.6 is 0 Å². The summed E-state index contributed by atoms with van der Waals surface area (Å²) in [5.74, 6) is 0.0830. The number of carbonyl (C=O) groups excluding carboxylic acids is 3. The zero-order valence-electron chi connectivity index (χ0n) is 48.7. The van der Waals surface area contributed by atoms with Crippen molar-refractivity contribution in [2.24, 2.45) is 5.92 Å². The van der Waals surface area contributed by atoms with E-state index < -0.39 is 6.10 Å². The van der Waals surface area contributed by atoms with Gasteiger partial charge in [-0.1, -0.05) is 336 Å². The van der Waals surface area contributed by atoms with E-state index in [0.717, 1.165) is 63.7 Å². The quantitative estimate of drug-likeness (QED) is 0.0343. The Morgan fingerprint density at radius 1 is 0.282 bits per heavy atom. The van der Waals surface area contributed by atoms with E-state index in [2.05, 4.69) is 27.7 Å². The molecule has 2 atom stereocenters. The monoisotopic (exact) mass is 1000 g/mol. The highest BCUT2D eigenvalue weighted by Gasteiger charge is 2.19. The van der Waals surface area contributed by atoms with Crippen LogP contribution in [0.2, 0.25) is 0 Å². The highest BCUT2D eigenvalue weighted by Crippen LogP contribution is 2.19. The molecule has 6 heteroatoms. The molecule has 0 aromatic carbocycles. The summed E-state index contributed by atoms with van der Waals surface area (Å²) in [7, 11) is 0. The second-order valence-electron chi connectivity index (χ2n) is 22.6. The van der Waals surface area contributed by atoms with Crippen molar-refractivity contribution < 1.29 is 28.6 Å². The Morgan fingerprint density at radius 2 is 0.493 bits per heavy atom. The third-order valence-corrected chi connectivity index (χ3v) is 15.4. The fourth-order valence-electron chi connectivity index (χ4n) is 10.1. The van der Waals surface area contributed by atoms with Crippen molar-refractivity contribution in [3.63, 3.8) is 0 Å². The molecule has 0 spiro atoms. The number of esters is 3. The third kappa shape index (κ3) is 57.5. The van der Waals surface area contributed by atoms with Gasteiger partial charge in [-0.2, -0.15) is 0 Å². The van der Waals surface area contributed by atoms with Crippen LogP contribution in [0.1, 0.15) is 374 Å². The SMILES string of the molecule is CCCCCCCCCCCCCCCCCCCCC(=O)O[C@@H](COC(=O)CCCCCCCCCCCCCCC)COC(=O)CCCCCCCCCCCCCCCCCCCCC(C)CC. The van der Waals surface area contributed by atoms with E-state index in [-0.39, 0.29) is 31.1 Å². The van der Waals surface area contributed by atoms with Crippen molar-refractivity contribution in [2.45, 2.75) is 381 Å². The molecule has 0 amide bonds. The van der Waals surface area contributed by atoms with E-state index in [0.29, 0.717) is 19.3 Å². The fraction of sp³-hybridized carbons (Fsp3) is 0.954. The molecule has 0 rings (SSSR count). The number of unbranched alkanes of at least 4 members (excludes halogenated alkanes) is 46. The van der Waals surface area contributed by atoms with Crippen LogP contribution < -0.4 is 0 Å². The van der Waals surface area contributed by atoms with E-state index in [9.17, 15) is 14.4 Å². The average Bonchev–Trinajstić information content (AvgIpc) is 3.37. The Kier molecular flexibility index (Phi) is 58.0. The minimum Gasteiger partial charge on any atom is -0.462 e.